The minimum absolute atomic E-state index is 0.0255. The number of quaternary nitrogens is 1. The predicted molar refractivity (Wildman–Crippen MR) is 47.7 cm³/mol. The normalized spacial score (nSPS) is 12.5. The van der Waals surface area contributed by atoms with Gasteiger partial charge in [-0.2, -0.15) is 0 Å². The Morgan fingerprint density at radius 3 is 2.46 bits per heavy atom. The van der Waals surface area contributed by atoms with Crippen molar-refractivity contribution in [3.05, 3.63) is 35.6 Å². The van der Waals surface area contributed by atoms with Crippen LogP contribution in [0.2, 0.25) is 0 Å². The van der Waals surface area contributed by atoms with Gasteiger partial charge >= 0.3 is 0 Å². The molecule has 1 atom stereocenters. The first-order valence-corrected chi connectivity index (χ1v) is 4.28. The fraction of sp³-hybridized carbons (Fsp3) is 0.300. The Morgan fingerprint density at radius 2 is 2.00 bits per heavy atom. The van der Waals surface area contributed by atoms with Crippen molar-refractivity contribution in [1.29, 1.82) is 0 Å². The number of ketones is 1. The van der Waals surface area contributed by atoms with Crippen LogP contribution in [-0.4, -0.2) is 11.8 Å². The van der Waals surface area contributed by atoms with Gasteiger partial charge in [0.1, 0.15) is 11.9 Å². The molecule has 0 bridgehead atoms. The van der Waals surface area contributed by atoms with Crippen molar-refractivity contribution >= 4 is 5.78 Å². The van der Waals surface area contributed by atoms with Crippen molar-refractivity contribution < 1.29 is 14.9 Å². The lowest BCUT2D eigenvalue weighted by molar-refractivity contribution is -0.399. The van der Waals surface area contributed by atoms with Crippen LogP contribution < -0.4 is 5.73 Å². The van der Waals surface area contributed by atoms with Crippen LogP contribution in [0.25, 0.3) is 0 Å². The number of benzene rings is 1. The van der Waals surface area contributed by atoms with Gasteiger partial charge in [-0.25, -0.2) is 4.39 Å². The molecular weight excluding hydrogens is 169 g/mol. The zero-order valence-corrected chi connectivity index (χ0v) is 7.59. The van der Waals surface area contributed by atoms with E-state index in [4.69, 9.17) is 0 Å². The molecule has 70 valence electrons. The van der Waals surface area contributed by atoms with E-state index in [1.165, 1.54) is 24.3 Å². The molecule has 1 aromatic rings. The Bertz CT molecular complexity index is 294. The Hall–Kier alpha value is -1.22. The summed E-state index contributed by atoms with van der Waals surface area (Å²) in [6.07, 6.45) is 0.705. The zero-order valence-electron chi connectivity index (χ0n) is 7.59. The van der Waals surface area contributed by atoms with Crippen molar-refractivity contribution in [2.75, 3.05) is 0 Å². The second kappa shape index (κ2) is 4.14. The number of carbonyl (C=O) groups excluding carboxylic acids is 1. The van der Waals surface area contributed by atoms with Gasteiger partial charge in [0.25, 0.3) is 0 Å². The fourth-order valence-corrected chi connectivity index (χ4v) is 1.04. The molecule has 3 N–H and O–H groups in total. The molecule has 0 aromatic heterocycles. The van der Waals surface area contributed by atoms with E-state index in [2.05, 4.69) is 5.73 Å². The standard InChI is InChI=1S/C10H12FNO/c1-2-9(12)10(13)7-3-5-8(11)6-4-7/h3-6,9H,2,12H2,1H3/p+1/t9-/m1/s1. The molecule has 0 amide bonds. The van der Waals surface area contributed by atoms with Gasteiger partial charge in [-0.3, -0.25) is 4.79 Å². The van der Waals surface area contributed by atoms with Crippen molar-refractivity contribution in [3.8, 4) is 0 Å². The van der Waals surface area contributed by atoms with Crippen LogP contribution in [0.15, 0.2) is 24.3 Å². The molecule has 0 radical (unpaired) electrons. The minimum Gasteiger partial charge on any atom is -0.349 e. The number of carbonyl (C=O) groups is 1. The van der Waals surface area contributed by atoms with Crippen LogP contribution in [0.4, 0.5) is 4.39 Å². The minimum atomic E-state index is -0.325. The molecule has 2 nitrogen and oxygen atoms in total. The highest BCUT2D eigenvalue weighted by Gasteiger charge is 2.16. The van der Waals surface area contributed by atoms with E-state index in [0.717, 1.165) is 0 Å². The van der Waals surface area contributed by atoms with E-state index in [1.807, 2.05) is 6.92 Å². The highest BCUT2D eigenvalue weighted by molar-refractivity contribution is 5.98. The van der Waals surface area contributed by atoms with Gasteiger partial charge < -0.3 is 5.73 Å². The molecule has 1 rings (SSSR count). The molecule has 3 heteroatoms. The van der Waals surface area contributed by atoms with E-state index in [9.17, 15) is 9.18 Å². The lowest BCUT2D eigenvalue weighted by atomic mass is 10.0. The molecule has 13 heavy (non-hydrogen) atoms. The number of rotatable bonds is 3. The van der Waals surface area contributed by atoms with E-state index < -0.39 is 0 Å². The van der Waals surface area contributed by atoms with E-state index in [1.54, 1.807) is 0 Å². The summed E-state index contributed by atoms with van der Waals surface area (Å²) in [7, 11) is 0. The Labute approximate surface area is 76.6 Å². The van der Waals surface area contributed by atoms with Gasteiger partial charge in [-0.05, 0) is 24.3 Å². The van der Waals surface area contributed by atoms with Crippen molar-refractivity contribution in [2.45, 2.75) is 19.4 Å². The maximum Gasteiger partial charge on any atom is 0.219 e. The molecule has 0 saturated heterocycles. The summed E-state index contributed by atoms with van der Waals surface area (Å²) in [6.45, 7) is 1.90. The van der Waals surface area contributed by atoms with E-state index >= 15 is 0 Å². The Kier molecular flexibility index (Phi) is 3.14. The summed E-state index contributed by atoms with van der Waals surface area (Å²) in [4.78, 5) is 11.5. The first-order valence-electron chi connectivity index (χ1n) is 4.28. The maximum atomic E-state index is 12.5. The van der Waals surface area contributed by atoms with Crippen molar-refractivity contribution in [2.24, 2.45) is 0 Å². The van der Waals surface area contributed by atoms with E-state index in [0.29, 0.717) is 12.0 Å². The van der Waals surface area contributed by atoms with Crippen LogP contribution >= 0.6 is 0 Å². The number of halogens is 1. The largest absolute Gasteiger partial charge is 0.349 e. The van der Waals surface area contributed by atoms with Gasteiger partial charge in [0, 0.05) is 12.0 Å². The smallest absolute Gasteiger partial charge is 0.219 e. The number of hydrogen-bond donors (Lipinski definition) is 1. The third kappa shape index (κ3) is 2.36. The van der Waals surface area contributed by atoms with Crippen molar-refractivity contribution in [1.82, 2.24) is 0 Å². The summed E-state index contributed by atoms with van der Waals surface area (Å²) in [5, 5.41) is 0. The second-order valence-corrected chi connectivity index (χ2v) is 2.98. The number of hydrogen-bond acceptors (Lipinski definition) is 1. The Morgan fingerprint density at radius 1 is 1.46 bits per heavy atom. The highest BCUT2D eigenvalue weighted by Crippen LogP contribution is 2.05. The molecule has 0 aliphatic rings. The van der Waals surface area contributed by atoms with E-state index in [-0.39, 0.29) is 17.6 Å². The molecular formula is C10H13FNO+. The van der Waals surface area contributed by atoms with Crippen LogP contribution in [0, 0.1) is 5.82 Å². The second-order valence-electron chi connectivity index (χ2n) is 2.98. The average Bonchev–Trinajstić information content (AvgIpc) is 2.17. The van der Waals surface area contributed by atoms with Crippen molar-refractivity contribution in [3.63, 3.8) is 0 Å². The Balaban J connectivity index is 2.83. The van der Waals surface area contributed by atoms with Gasteiger partial charge in [-0.1, -0.05) is 6.92 Å². The first-order chi connectivity index (χ1) is 6.15. The van der Waals surface area contributed by atoms with Crippen LogP contribution in [0.5, 0.6) is 0 Å². The molecule has 0 aliphatic heterocycles. The van der Waals surface area contributed by atoms with Gasteiger partial charge in [0.05, 0.1) is 0 Å². The van der Waals surface area contributed by atoms with Gasteiger partial charge in [0.15, 0.2) is 0 Å². The average molecular weight is 182 g/mol. The fourth-order valence-electron chi connectivity index (χ4n) is 1.04. The van der Waals surface area contributed by atoms with Gasteiger partial charge in [-0.15, -0.1) is 0 Å². The monoisotopic (exact) mass is 182 g/mol. The zero-order chi connectivity index (χ0) is 9.84. The summed E-state index contributed by atoms with van der Waals surface area (Å²) in [6, 6.07) is 5.33. The summed E-state index contributed by atoms with van der Waals surface area (Å²) in [5.74, 6) is -0.351. The third-order valence-electron chi connectivity index (χ3n) is 1.99. The SMILES string of the molecule is CC[C@@H]([NH3+])C(=O)c1ccc(F)cc1. The maximum absolute atomic E-state index is 12.5. The molecule has 0 saturated carbocycles. The molecule has 1 aromatic carbocycles. The van der Waals surface area contributed by atoms with Crippen LogP contribution in [0.3, 0.4) is 0 Å². The summed E-state index contributed by atoms with van der Waals surface area (Å²) in [5.41, 5.74) is 4.24. The summed E-state index contributed by atoms with van der Waals surface area (Å²) >= 11 is 0. The molecule has 0 spiro atoms. The highest BCUT2D eigenvalue weighted by atomic mass is 19.1. The molecule has 0 fully saturated rings. The molecule has 0 heterocycles. The lowest BCUT2D eigenvalue weighted by Crippen LogP contribution is -2.64. The predicted octanol–water partition coefficient (Wildman–Crippen LogP) is 1.03. The lowest BCUT2D eigenvalue weighted by Gasteiger charge is -2.03. The topological polar surface area (TPSA) is 44.7 Å². The summed E-state index contributed by atoms with van der Waals surface area (Å²) < 4.78 is 12.5. The van der Waals surface area contributed by atoms with Crippen LogP contribution in [0.1, 0.15) is 23.7 Å². The quantitative estimate of drug-likeness (QED) is 0.697. The molecule has 0 unspecified atom stereocenters. The molecule has 0 aliphatic carbocycles. The third-order valence-corrected chi connectivity index (χ3v) is 1.99. The number of Topliss-reactive ketones (excluding diaryl/α,β-unsaturated/α-hetero) is 1. The van der Waals surface area contributed by atoms with Gasteiger partial charge in [0.2, 0.25) is 5.78 Å². The first kappa shape index (κ1) is 9.86. The van der Waals surface area contributed by atoms with Crippen LogP contribution in [-0.2, 0) is 0 Å².